The minimum absolute atomic E-state index is 0.140. The van der Waals surface area contributed by atoms with Crippen LogP contribution in [0.25, 0.3) is 0 Å². The Labute approximate surface area is 152 Å². The molecule has 0 bridgehead atoms. The third kappa shape index (κ3) is 5.47. The molecule has 1 saturated heterocycles. The van der Waals surface area contributed by atoms with Gasteiger partial charge < -0.3 is 5.32 Å². The van der Waals surface area contributed by atoms with Gasteiger partial charge in [-0.25, -0.2) is 0 Å². The van der Waals surface area contributed by atoms with Crippen molar-refractivity contribution in [3.05, 3.63) is 35.4 Å². The van der Waals surface area contributed by atoms with Crippen LogP contribution >= 0.6 is 0 Å². The van der Waals surface area contributed by atoms with Gasteiger partial charge in [0.05, 0.1) is 5.56 Å². The molecule has 3 rings (SSSR count). The van der Waals surface area contributed by atoms with Crippen LogP contribution in [0.3, 0.4) is 0 Å². The molecule has 0 spiro atoms. The highest BCUT2D eigenvalue weighted by Gasteiger charge is 2.31. The molecule has 1 aromatic carbocycles. The van der Waals surface area contributed by atoms with E-state index >= 15 is 0 Å². The summed E-state index contributed by atoms with van der Waals surface area (Å²) in [4.78, 5) is 14.3. The van der Waals surface area contributed by atoms with E-state index in [9.17, 15) is 18.0 Å². The Morgan fingerprint density at radius 3 is 2.54 bits per heavy atom. The maximum absolute atomic E-state index is 12.8. The zero-order chi connectivity index (χ0) is 18.7. The fourth-order valence-electron chi connectivity index (χ4n) is 3.74. The Hall–Kier alpha value is -1.56. The smallest absolute Gasteiger partial charge is 0.353 e. The van der Waals surface area contributed by atoms with E-state index < -0.39 is 11.7 Å². The van der Waals surface area contributed by atoms with Gasteiger partial charge in [0.1, 0.15) is 0 Å². The van der Waals surface area contributed by atoms with E-state index in [4.69, 9.17) is 0 Å². The molecule has 2 aliphatic rings. The minimum atomic E-state index is -4.30. The van der Waals surface area contributed by atoms with Gasteiger partial charge in [-0.3, -0.25) is 9.69 Å². The van der Waals surface area contributed by atoms with Crippen molar-refractivity contribution in [2.45, 2.75) is 57.8 Å². The fourth-order valence-corrected chi connectivity index (χ4v) is 3.74. The predicted octanol–water partition coefficient (Wildman–Crippen LogP) is 4.22. The van der Waals surface area contributed by atoms with Gasteiger partial charge in [-0.2, -0.15) is 13.2 Å². The third-order valence-corrected chi connectivity index (χ3v) is 5.56. The molecule has 1 aromatic rings. The number of alkyl halides is 3. The molecule has 1 aliphatic carbocycles. The molecule has 3 nitrogen and oxygen atoms in total. The van der Waals surface area contributed by atoms with Gasteiger partial charge in [0, 0.05) is 19.0 Å². The van der Waals surface area contributed by atoms with E-state index in [2.05, 4.69) is 17.1 Å². The molecule has 1 atom stereocenters. The number of piperidine rings is 1. The largest absolute Gasteiger partial charge is 0.416 e. The number of halogens is 3. The van der Waals surface area contributed by atoms with Crippen LogP contribution in [0.5, 0.6) is 0 Å². The number of carbonyl (C=O) groups is 1. The molecule has 1 aliphatic heterocycles. The second kappa shape index (κ2) is 7.99. The summed E-state index contributed by atoms with van der Waals surface area (Å²) in [5.41, 5.74) is 0.0978. The molecule has 6 heteroatoms. The van der Waals surface area contributed by atoms with Crippen molar-refractivity contribution in [1.82, 2.24) is 10.2 Å². The van der Waals surface area contributed by atoms with Gasteiger partial charge in [-0.1, -0.05) is 18.2 Å². The first-order valence-corrected chi connectivity index (χ1v) is 9.49. The van der Waals surface area contributed by atoms with Crippen molar-refractivity contribution in [2.24, 2.45) is 11.8 Å². The van der Waals surface area contributed by atoms with Crippen LogP contribution < -0.4 is 5.32 Å². The number of likely N-dealkylation sites (tertiary alicyclic amines) is 1. The molecule has 1 saturated carbocycles. The van der Waals surface area contributed by atoms with E-state index in [1.165, 1.54) is 25.0 Å². The van der Waals surface area contributed by atoms with Crippen molar-refractivity contribution in [2.75, 3.05) is 13.1 Å². The van der Waals surface area contributed by atoms with E-state index in [0.717, 1.165) is 32.0 Å². The first-order chi connectivity index (χ1) is 12.3. The maximum Gasteiger partial charge on any atom is 0.416 e. The van der Waals surface area contributed by atoms with Crippen LogP contribution in [0, 0.1) is 11.8 Å². The number of hydrogen-bond acceptors (Lipinski definition) is 2. The second-order valence-corrected chi connectivity index (χ2v) is 7.82. The van der Waals surface area contributed by atoms with Gasteiger partial charge in [-0.05, 0) is 69.2 Å². The molecule has 1 amide bonds. The summed E-state index contributed by atoms with van der Waals surface area (Å²) < 4.78 is 38.4. The Kier molecular flexibility index (Phi) is 5.90. The van der Waals surface area contributed by atoms with Gasteiger partial charge in [0.15, 0.2) is 0 Å². The standard InChI is InChI=1S/C20H27F3N2O/c1-14(17-5-6-17)24-19(26)12-15-7-9-25(10-8-15)13-16-3-2-4-18(11-16)20(21,22)23/h2-4,11,14-15,17H,5-10,12-13H2,1H3,(H,24,26)/t14-/m1/s1. The summed E-state index contributed by atoms with van der Waals surface area (Å²) in [5.74, 6) is 1.17. The molecular formula is C20H27F3N2O. The molecular weight excluding hydrogens is 341 g/mol. The normalized spacial score (nSPS) is 20.8. The van der Waals surface area contributed by atoms with Crippen molar-refractivity contribution in [1.29, 1.82) is 0 Å². The first-order valence-electron chi connectivity index (χ1n) is 9.49. The van der Waals surface area contributed by atoms with E-state index in [1.54, 1.807) is 6.07 Å². The Bertz CT molecular complexity index is 620. The highest BCUT2D eigenvalue weighted by atomic mass is 19.4. The average molecular weight is 368 g/mol. The molecule has 1 N–H and O–H groups in total. The van der Waals surface area contributed by atoms with Crippen LogP contribution in [0.2, 0.25) is 0 Å². The third-order valence-electron chi connectivity index (χ3n) is 5.56. The van der Waals surface area contributed by atoms with Crippen LogP contribution in [-0.2, 0) is 17.5 Å². The Balaban J connectivity index is 1.43. The number of carbonyl (C=O) groups excluding carboxylic acids is 1. The Morgan fingerprint density at radius 1 is 1.23 bits per heavy atom. The first kappa shape index (κ1) is 19.2. The average Bonchev–Trinajstić information content (AvgIpc) is 3.41. The lowest BCUT2D eigenvalue weighted by Crippen LogP contribution is -2.38. The van der Waals surface area contributed by atoms with Gasteiger partial charge in [-0.15, -0.1) is 0 Å². The van der Waals surface area contributed by atoms with E-state index in [-0.39, 0.29) is 11.9 Å². The quantitative estimate of drug-likeness (QED) is 0.815. The summed E-state index contributed by atoms with van der Waals surface area (Å²) in [7, 11) is 0. The fraction of sp³-hybridized carbons (Fsp3) is 0.650. The summed E-state index contributed by atoms with van der Waals surface area (Å²) in [6.45, 7) is 4.26. The molecule has 0 aromatic heterocycles. The zero-order valence-electron chi connectivity index (χ0n) is 15.2. The van der Waals surface area contributed by atoms with Crippen molar-refractivity contribution >= 4 is 5.91 Å². The van der Waals surface area contributed by atoms with E-state index in [1.807, 2.05) is 0 Å². The lowest BCUT2D eigenvalue weighted by Gasteiger charge is -2.32. The molecule has 1 heterocycles. The molecule has 0 radical (unpaired) electrons. The van der Waals surface area contributed by atoms with Crippen LogP contribution in [0.1, 0.15) is 50.2 Å². The number of amides is 1. The summed E-state index contributed by atoms with van der Waals surface area (Å²) in [6, 6.07) is 5.84. The molecule has 26 heavy (non-hydrogen) atoms. The second-order valence-electron chi connectivity index (χ2n) is 7.82. The predicted molar refractivity (Wildman–Crippen MR) is 94.4 cm³/mol. The van der Waals surface area contributed by atoms with Crippen molar-refractivity contribution in [3.8, 4) is 0 Å². The number of rotatable bonds is 6. The minimum Gasteiger partial charge on any atom is -0.353 e. The Morgan fingerprint density at radius 2 is 1.92 bits per heavy atom. The molecule has 144 valence electrons. The van der Waals surface area contributed by atoms with Gasteiger partial charge in [0.2, 0.25) is 5.91 Å². The van der Waals surface area contributed by atoms with Crippen LogP contribution in [0.15, 0.2) is 24.3 Å². The van der Waals surface area contributed by atoms with Gasteiger partial charge >= 0.3 is 6.18 Å². The van der Waals surface area contributed by atoms with Gasteiger partial charge in [0.25, 0.3) is 0 Å². The SMILES string of the molecule is C[C@@H](NC(=O)CC1CCN(Cc2cccc(C(F)(F)F)c2)CC1)C1CC1. The lowest BCUT2D eigenvalue weighted by molar-refractivity contribution is -0.137. The van der Waals surface area contributed by atoms with Crippen LogP contribution in [0.4, 0.5) is 13.2 Å². The van der Waals surface area contributed by atoms with Crippen LogP contribution in [-0.4, -0.2) is 29.9 Å². The molecule has 0 unspecified atom stereocenters. The van der Waals surface area contributed by atoms with Crippen molar-refractivity contribution in [3.63, 3.8) is 0 Å². The summed E-state index contributed by atoms with van der Waals surface area (Å²) >= 11 is 0. The number of nitrogens with zero attached hydrogens (tertiary/aromatic N) is 1. The summed E-state index contributed by atoms with van der Waals surface area (Å²) in [5, 5.41) is 3.10. The van der Waals surface area contributed by atoms with Crippen molar-refractivity contribution < 1.29 is 18.0 Å². The number of nitrogens with one attached hydrogen (secondary N) is 1. The zero-order valence-corrected chi connectivity index (χ0v) is 15.2. The lowest BCUT2D eigenvalue weighted by atomic mass is 9.92. The molecule has 2 fully saturated rings. The highest BCUT2D eigenvalue weighted by molar-refractivity contribution is 5.76. The van der Waals surface area contributed by atoms with E-state index in [0.29, 0.717) is 30.4 Å². The maximum atomic E-state index is 12.8. The number of hydrogen-bond donors (Lipinski definition) is 1. The number of benzene rings is 1. The topological polar surface area (TPSA) is 32.3 Å². The summed E-state index contributed by atoms with van der Waals surface area (Å²) in [6.07, 6.45) is 0.543. The monoisotopic (exact) mass is 368 g/mol. The highest BCUT2D eigenvalue weighted by Crippen LogP contribution is 2.33.